The van der Waals surface area contributed by atoms with Crippen molar-refractivity contribution < 1.29 is 19.1 Å². The second-order valence-corrected chi connectivity index (χ2v) is 6.08. The molecule has 0 saturated carbocycles. The number of ether oxygens (including phenoxy) is 2. The maximum atomic E-state index is 12.9. The lowest BCUT2D eigenvalue weighted by molar-refractivity contribution is -0.137. The van der Waals surface area contributed by atoms with Crippen molar-refractivity contribution in [3.05, 3.63) is 29.8 Å². The number of benzene rings is 1. The zero-order chi connectivity index (χ0) is 16.9. The van der Waals surface area contributed by atoms with Crippen molar-refractivity contribution in [1.29, 1.82) is 0 Å². The Labute approximate surface area is 141 Å². The van der Waals surface area contributed by atoms with Crippen LogP contribution in [-0.2, 0) is 14.3 Å². The molecule has 1 saturated heterocycles. The molecule has 1 fully saturated rings. The van der Waals surface area contributed by atoms with Gasteiger partial charge < -0.3 is 20.1 Å². The molecule has 1 aromatic carbocycles. The number of hydrogen-bond acceptors (Lipinski definition) is 5. The van der Waals surface area contributed by atoms with Gasteiger partial charge >= 0.3 is 0 Å². The highest BCUT2D eigenvalue weighted by Gasteiger charge is 2.31. The Kier molecular flexibility index (Phi) is 5.32. The van der Waals surface area contributed by atoms with Gasteiger partial charge in [0, 0.05) is 25.2 Å². The number of piperidine rings is 1. The summed E-state index contributed by atoms with van der Waals surface area (Å²) in [7, 11) is 0. The Bertz CT molecular complexity index is 599. The zero-order valence-electron chi connectivity index (χ0n) is 13.6. The normalized spacial score (nSPS) is 21.5. The summed E-state index contributed by atoms with van der Waals surface area (Å²) < 4.78 is 11.1. The van der Waals surface area contributed by atoms with Gasteiger partial charge in [-0.25, -0.2) is 0 Å². The van der Waals surface area contributed by atoms with Crippen molar-refractivity contribution in [3.8, 4) is 5.75 Å². The first-order chi connectivity index (χ1) is 11.6. The average Bonchev–Trinajstić information content (AvgIpc) is 2.82. The number of fused-ring (bicyclic) bond motifs is 1. The van der Waals surface area contributed by atoms with Crippen molar-refractivity contribution in [3.63, 3.8) is 0 Å². The summed E-state index contributed by atoms with van der Waals surface area (Å²) >= 11 is 0. The van der Waals surface area contributed by atoms with E-state index in [9.17, 15) is 9.59 Å². The molecule has 130 valence electrons. The number of primary amides is 1. The number of amides is 2. The van der Waals surface area contributed by atoms with E-state index >= 15 is 0 Å². The fourth-order valence-electron chi connectivity index (χ4n) is 3.17. The highest BCUT2D eigenvalue weighted by molar-refractivity contribution is 5.84. The summed E-state index contributed by atoms with van der Waals surface area (Å²) in [6, 6.07) is 7.27. The summed E-state index contributed by atoms with van der Waals surface area (Å²) in [6.07, 6.45) is 1.41. The van der Waals surface area contributed by atoms with E-state index in [1.54, 1.807) is 0 Å². The summed E-state index contributed by atoms with van der Waals surface area (Å²) in [6.45, 7) is 2.34. The lowest BCUT2D eigenvalue weighted by atomic mass is 10.0. The van der Waals surface area contributed by atoms with Crippen molar-refractivity contribution in [2.45, 2.75) is 25.0 Å². The maximum Gasteiger partial charge on any atom is 0.244 e. The van der Waals surface area contributed by atoms with Crippen LogP contribution in [0.4, 0.5) is 0 Å². The van der Waals surface area contributed by atoms with Gasteiger partial charge in [0.15, 0.2) is 0 Å². The Balaban J connectivity index is 1.62. The lowest BCUT2D eigenvalue weighted by Gasteiger charge is -2.34. The van der Waals surface area contributed by atoms with Crippen LogP contribution in [0.3, 0.4) is 0 Å². The molecule has 0 bridgehead atoms. The van der Waals surface area contributed by atoms with Gasteiger partial charge in [0.1, 0.15) is 25.0 Å². The molecule has 1 unspecified atom stereocenters. The molecule has 3 rings (SSSR count). The molecule has 0 aliphatic carbocycles. The van der Waals surface area contributed by atoms with Crippen LogP contribution in [0.2, 0.25) is 0 Å². The third-order valence-corrected chi connectivity index (χ3v) is 4.40. The average molecular weight is 333 g/mol. The fraction of sp³-hybridized carbons (Fsp3) is 0.529. The minimum Gasteiger partial charge on any atom is -0.492 e. The van der Waals surface area contributed by atoms with E-state index in [1.165, 1.54) is 0 Å². The monoisotopic (exact) mass is 333 g/mol. The predicted octanol–water partition coefficient (Wildman–Crippen LogP) is 0.203. The first kappa shape index (κ1) is 16.7. The number of hydrogen-bond donors (Lipinski definition) is 2. The first-order valence-electron chi connectivity index (χ1n) is 8.29. The number of carbonyl (C=O) groups excluding carboxylic acids is 2. The Morgan fingerprint density at radius 1 is 1.29 bits per heavy atom. The Hall–Kier alpha value is -2.12. The lowest BCUT2D eigenvalue weighted by Crippen LogP contribution is -2.46. The van der Waals surface area contributed by atoms with Gasteiger partial charge in [0.2, 0.25) is 11.8 Å². The third kappa shape index (κ3) is 3.85. The third-order valence-electron chi connectivity index (χ3n) is 4.40. The zero-order valence-corrected chi connectivity index (χ0v) is 13.6. The minimum atomic E-state index is -0.465. The second kappa shape index (κ2) is 7.63. The van der Waals surface area contributed by atoms with Crippen molar-refractivity contribution in [2.24, 2.45) is 5.73 Å². The summed E-state index contributed by atoms with van der Waals surface area (Å²) in [5, 5.41) is 3.28. The molecule has 7 nitrogen and oxygen atoms in total. The van der Waals surface area contributed by atoms with Crippen LogP contribution in [0.15, 0.2) is 24.3 Å². The van der Waals surface area contributed by atoms with E-state index in [2.05, 4.69) is 5.32 Å². The number of nitrogens with one attached hydrogen (secondary N) is 1. The van der Waals surface area contributed by atoms with Crippen molar-refractivity contribution in [2.75, 3.05) is 32.8 Å². The number of nitrogens with two attached hydrogens (primary N) is 1. The molecule has 0 radical (unpaired) electrons. The molecule has 2 aliphatic heterocycles. The number of para-hydroxylation sites is 1. The molecular formula is C17H23N3O4. The SMILES string of the molecule is NC(=O)COC1CCN(C(=O)C2NCCOc3ccccc32)CC1. The number of likely N-dealkylation sites (tertiary alicyclic amines) is 1. The fourth-order valence-corrected chi connectivity index (χ4v) is 3.17. The molecule has 3 N–H and O–H groups in total. The van der Waals surface area contributed by atoms with E-state index in [1.807, 2.05) is 29.2 Å². The van der Waals surface area contributed by atoms with Crippen LogP contribution in [0.25, 0.3) is 0 Å². The number of nitrogens with zero attached hydrogens (tertiary/aromatic N) is 1. The van der Waals surface area contributed by atoms with Gasteiger partial charge in [-0.15, -0.1) is 0 Å². The molecule has 24 heavy (non-hydrogen) atoms. The largest absolute Gasteiger partial charge is 0.492 e. The van der Waals surface area contributed by atoms with Crippen LogP contribution in [0, 0.1) is 0 Å². The van der Waals surface area contributed by atoms with Gasteiger partial charge in [0.25, 0.3) is 0 Å². The number of rotatable bonds is 4. The van der Waals surface area contributed by atoms with E-state index in [0.29, 0.717) is 39.1 Å². The van der Waals surface area contributed by atoms with Crippen molar-refractivity contribution in [1.82, 2.24) is 10.2 Å². The van der Waals surface area contributed by atoms with Crippen LogP contribution < -0.4 is 15.8 Å². The summed E-state index contributed by atoms with van der Waals surface area (Å²) in [5.41, 5.74) is 5.98. The van der Waals surface area contributed by atoms with Gasteiger partial charge in [-0.2, -0.15) is 0 Å². The van der Waals surface area contributed by atoms with Gasteiger partial charge in [-0.05, 0) is 18.9 Å². The molecule has 0 aromatic heterocycles. The Morgan fingerprint density at radius 3 is 2.79 bits per heavy atom. The molecule has 1 aromatic rings. The van der Waals surface area contributed by atoms with Crippen molar-refractivity contribution >= 4 is 11.8 Å². The van der Waals surface area contributed by atoms with E-state index < -0.39 is 5.91 Å². The molecule has 2 aliphatic rings. The standard InChI is InChI=1S/C17H23N3O4/c18-15(21)11-24-12-5-8-20(9-6-12)17(22)16-13-3-1-2-4-14(13)23-10-7-19-16/h1-4,12,16,19H,5-11H2,(H2,18,21). The van der Waals surface area contributed by atoms with Crippen LogP contribution in [0.1, 0.15) is 24.4 Å². The predicted molar refractivity (Wildman–Crippen MR) is 87.4 cm³/mol. The molecule has 2 heterocycles. The molecule has 0 spiro atoms. The summed E-state index contributed by atoms with van der Waals surface area (Å²) in [5.74, 6) is 0.356. The topological polar surface area (TPSA) is 93.9 Å². The van der Waals surface area contributed by atoms with Crippen LogP contribution >= 0.6 is 0 Å². The molecule has 1 atom stereocenters. The van der Waals surface area contributed by atoms with Gasteiger partial charge in [-0.1, -0.05) is 18.2 Å². The van der Waals surface area contributed by atoms with Crippen LogP contribution in [0.5, 0.6) is 5.75 Å². The highest BCUT2D eigenvalue weighted by atomic mass is 16.5. The van der Waals surface area contributed by atoms with E-state index in [0.717, 1.165) is 11.3 Å². The number of carbonyl (C=O) groups is 2. The molecule has 2 amide bonds. The van der Waals surface area contributed by atoms with Gasteiger partial charge in [0.05, 0.1) is 6.10 Å². The van der Waals surface area contributed by atoms with E-state index in [4.69, 9.17) is 15.2 Å². The molecular weight excluding hydrogens is 310 g/mol. The highest BCUT2D eigenvalue weighted by Crippen LogP contribution is 2.29. The minimum absolute atomic E-state index is 0.0146. The van der Waals surface area contributed by atoms with Crippen LogP contribution in [-0.4, -0.2) is 55.7 Å². The maximum absolute atomic E-state index is 12.9. The second-order valence-electron chi connectivity index (χ2n) is 6.08. The smallest absolute Gasteiger partial charge is 0.244 e. The van der Waals surface area contributed by atoms with E-state index in [-0.39, 0.29) is 24.7 Å². The van der Waals surface area contributed by atoms with Gasteiger partial charge in [-0.3, -0.25) is 14.9 Å². The summed E-state index contributed by atoms with van der Waals surface area (Å²) in [4.78, 5) is 25.6. The Morgan fingerprint density at radius 2 is 2.04 bits per heavy atom. The quantitative estimate of drug-likeness (QED) is 0.821. The first-order valence-corrected chi connectivity index (χ1v) is 8.29. The molecule has 7 heteroatoms.